The highest BCUT2D eigenvalue weighted by Crippen LogP contribution is 2.17. The number of rotatable bonds is 48. The van der Waals surface area contributed by atoms with E-state index in [1.54, 1.807) is 0 Å². The van der Waals surface area contributed by atoms with Crippen LogP contribution in [0, 0.1) is 0 Å². The number of aliphatic hydroxyl groups excluding tert-OH is 3. The zero-order valence-corrected chi connectivity index (χ0v) is 39.2. The van der Waals surface area contributed by atoms with Crippen LogP contribution in [-0.4, -0.2) is 46.1 Å². The molecule has 5 heteroatoms. The Kier molecular flexibility index (Phi) is 47.5. The van der Waals surface area contributed by atoms with E-state index in [1.807, 2.05) is 0 Å². The fourth-order valence-corrected chi connectivity index (χ4v) is 8.26. The van der Waals surface area contributed by atoms with Crippen molar-refractivity contribution < 1.29 is 20.1 Å². The predicted octanol–water partition coefficient (Wildman–Crippen LogP) is 15.7. The molecule has 0 heterocycles. The maximum Gasteiger partial charge on any atom is 0.222 e. The van der Waals surface area contributed by atoms with E-state index in [9.17, 15) is 20.1 Å². The van der Waals surface area contributed by atoms with Crippen LogP contribution in [0.2, 0.25) is 0 Å². The summed E-state index contributed by atoms with van der Waals surface area (Å²) in [5, 5.41) is 33.6. The molecule has 344 valence electrons. The number of hydrogen-bond acceptors (Lipinski definition) is 4. The molecule has 0 radical (unpaired) electrons. The molecule has 4 N–H and O–H groups in total. The summed E-state index contributed by atoms with van der Waals surface area (Å²) in [6.07, 6.45) is 60.2. The number of unbranched alkanes of at least 4 members (excludes halogenated alkanes) is 35. The molecule has 0 bridgehead atoms. The quantitative estimate of drug-likeness (QED) is 0.0364. The zero-order valence-electron chi connectivity index (χ0n) is 39.2. The monoisotopic (exact) mass is 818 g/mol. The van der Waals surface area contributed by atoms with Gasteiger partial charge in [-0.15, -0.1) is 0 Å². The van der Waals surface area contributed by atoms with Crippen LogP contribution in [0.4, 0.5) is 0 Å². The second-order valence-electron chi connectivity index (χ2n) is 18.1. The van der Waals surface area contributed by atoms with Crippen molar-refractivity contribution in [3.05, 3.63) is 24.3 Å². The van der Waals surface area contributed by atoms with Crippen molar-refractivity contribution in [1.82, 2.24) is 5.32 Å². The minimum Gasteiger partial charge on any atom is -0.394 e. The van der Waals surface area contributed by atoms with E-state index < -0.39 is 18.2 Å². The van der Waals surface area contributed by atoms with Crippen molar-refractivity contribution in [2.75, 3.05) is 6.61 Å². The third kappa shape index (κ3) is 44.4. The first-order valence-corrected chi connectivity index (χ1v) is 26.1. The van der Waals surface area contributed by atoms with Crippen molar-refractivity contribution in [3.8, 4) is 0 Å². The molecule has 3 atom stereocenters. The van der Waals surface area contributed by atoms with Crippen molar-refractivity contribution in [3.63, 3.8) is 0 Å². The SMILES string of the molecule is CCCCCCCCCCC/C=C\C/C=C\CCCCCCCCCCCC(O)CC(=O)NC(CO)C(O)CCCCCCCCCCCCCCCCCCCC. The van der Waals surface area contributed by atoms with Crippen molar-refractivity contribution >= 4 is 5.91 Å². The molecule has 0 saturated heterocycles. The van der Waals surface area contributed by atoms with Gasteiger partial charge in [-0.25, -0.2) is 0 Å². The Morgan fingerprint density at radius 3 is 1.09 bits per heavy atom. The molecule has 0 spiro atoms. The number of hydrogen-bond donors (Lipinski definition) is 4. The van der Waals surface area contributed by atoms with Gasteiger partial charge in [0.15, 0.2) is 0 Å². The fourth-order valence-electron chi connectivity index (χ4n) is 8.26. The van der Waals surface area contributed by atoms with Gasteiger partial charge in [0.2, 0.25) is 5.91 Å². The van der Waals surface area contributed by atoms with E-state index in [0.29, 0.717) is 12.8 Å². The van der Waals surface area contributed by atoms with Crippen LogP contribution in [0.1, 0.15) is 284 Å². The van der Waals surface area contributed by atoms with E-state index in [2.05, 4.69) is 43.5 Å². The third-order valence-corrected chi connectivity index (χ3v) is 12.3. The second-order valence-corrected chi connectivity index (χ2v) is 18.1. The zero-order chi connectivity index (χ0) is 42.3. The minimum atomic E-state index is -0.750. The van der Waals surface area contributed by atoms with Gasteiger partial charge < -0.3 is 20.6 Å². The molecule has 0 saturated carbocycles. The summed E-state index contributed by atoms with van der Waals surface area (Å²) in [6.45, 7) is 4.29. The Hall–Kier alpha value is -1.17. The summed E-state index contributed by atoms with van der Waals surface area (Å²) in [4.78, 5) is 12.5. The Balaban J connectivity index is 3.57. The highest BCUT2D eigenvalue weighted by molar-refractivity contribution is 5.76. The first-order chi connectivity index (χ1) is 28.5. The minimum absolute atomic E-state index is 0.0354. The van der Waals surface area contributed by atoms with Crippen LogP contribution >= 0.6 is 0 Å². The summed E-state index contributed by atoms with van der Waals surface area (Å²) < 4.78 is 0. The Labute approximate surface area is 362 Å². The number of nitrogens with one attached hydrogen (secondary N) is 1. The molecule has 0 aliphatic heterocycles. The van der Waals surface area contributed by atoms with E-state index >= 15 is 0 Å². The van der Waals surface area contributed by atoms with Crippen LogP contribution in [0.25, 0.3) is 0 Å². The lowest BCUT2D eigenvalue weighted by molar-refractivity contribution is -0.125. The van der Waals surface area contributed by atoms with E-state index in [4.69, 9.17) is 0 Å². The molecule has 0 aromatic heterocycles. The van der Waals surface area contributed by atoms with Gasteiger partial charge in [0, 0.05) is 0 Å². The molecule has 0 aromatic carbocycles. The van der Waals surface area contributed by atoms with Crippen molar-refractivity contribution in [2.24, 2.45) is 0 Å². The molecule has 1 amide bonds. The summed E-state index contributed by atoms with van der Waals surface area (Å²) in [6, 6.07) is -0.659. The van der Waals surface area contributed by atoms with Crippen LogP contribution in [-0.2, 0) is 4.79 Å². The Bertz CT molecular complexity index is 859. The second kappa shape index (κ2) is 48.5. The third-order valence-electron chi connectivity index (χ3n) is 12.3. The molecule has 0 fully saturated rings. The topological polar surface area (TPSA) is 89.8 Å². The predicted molar refractivity (Wildman–Crippen MR) is 255 cm³/mol. The lowest BCUT2D eigenvalue weighted by Gasteiger charge is -2.23. The lowest BCUT2D eigenvalue weighted by Crippen LogP contribution is -2.46. The van der Waals surface area contributed by atoms with E-state index in [1.165, 1.54) is 218 Å². The average molecular weight is 818 g/mol. The maximum absolute atomic E-state index is 12.5. The smallest absolute Gasteiger partial charge is 0.222 e. The molecule has 0 aromatic rings. The number of amides is 1. The normalized spacial score (nSPS) is 13.5. The highest BCUT2D eigenvalue weighted by atomic mass is 16.3. The average Bonchev–Trinajstić information content (AvgIpc) is 3.22. The standard InChI is InChI=1S/C53H103NO4/c1-3-5-7-9-11-13-15-17-19-21-23-24-25-26-27-28-29-30-32-34-36-38-40-42-44-46-50(56)48-53(58)54-51(49-55)52(57)47-45-43-41-39-37-35-33-31-22-20-18-16-14-12-10-8-6-4-2/h23-24,26-27,50-52,55-57H,3-22,25,28-49H2,1-2H3,(H,54,58)/b24-23-,27-26-. The molecule has 5 nitrogen and oxygen atoms in total. The van der Waals surface area contributed by atoms with Gasteiger partial charge in [-0.05, 0) is 44.9 Å². The molecule has 0 rings (SSSR count). The lowest BCUT2D eigenvalue weighted by atomic mass is 10.0. The Morgan fingerprint density at radius 2 is 0.741 bits per heavy atom. The molecule has 58 heavy (non-hydrogen) atoms. The van der Waals surface area contributed by atoms with Gasteiger partial charge in [-0.2, -0.15) is 0 Å². The number of carbonyl (C=O) groups excluding carboxylic acids is 1. The van der Waals surface area contributed by atoms with Crippen LogP contribution in [0.5, 0.6) is 0 Å². The molecular formula is C53H103NO4. The van der Waals surface area contributed by atoms with Crippen molar-refractivity contribution in [2.45, 2.75) is 302 Å². The van der Waals surface area contributed by atoms with Crippen LogP contribution < -0.4 is 5.32 Å². The molecule has 0 aliphatic rings. The number of carbonyl (C=O) groups is 1. The molecular weight excluding hydrogens is 715 g/mol. The fraction of sp³-hybridized carbons (Fsp3) is 0.906. The van der Waals surface area contributed by atoms with Gasteiger partial charge in [0.05, 0.1) is 31.3 Å². The first-order valence-electron chi connectivity index (χ1n) is 26.1. The maximum atomic E-state index is 12.5. The Morgan fingerprint density at radius 1 is 0.431 bits per heavy atom. The van der Waals surface area contributed by atoms with Gasteiger partial charge >= 0.3 is 0 Å². The van der Waals surface area contributed by atoms with Crippen LogP contribution in [0.15, 0.2) is 24.3 Å². The first kappa shape index (κ1) is 56.8. The van der Waals surface area contributed by atoms with Gasteiger partial charge in [-0.1, -0.05) is 256 Å². The summed E-state index contributed by atoms with van der Waals surface area (Å²) in [7, 11) is 0. The van der Waals surface area contributed by atoms with E-state index in [-0.39, 0.29) is 18.9 Å². The van der Waals surface area contributed by atoms with Gasteiger partial charge in [0.1, 0.15) is 0 Å². The molecule has 3 unspecified atom stereocenters. The number of aliphatic hydroxyl groups is 3. The highest BCUT2D eigenvalue weighted by Gasteiger charge is 2.21. The van der Waals surface area contributed by atoms with Crippen LogP contribution in [0.3, 0.4) is 0 Å². The summed E-state index contributed by atoms with van der Waals surface area (Å²) >= 11 is 0. The van der Waals surface area contributed by atoms with Gasteiger partial charge in [-0.3, -0.25) is 4.79 Å². The summed E-state index contributed by atoms with van der Waals surface area (Å²) in [5.74, 6) is -0.282. The van der Waals surface area contributed by atoms with Crippen molar-refractivity contribution in [1.29, 1.82) is 0 Å². The van der Waals surface area contributed by atoms with E-state index in [0.717, 1.165) is 32.1 Å². The molecule has 0 aliphatic carbocycles. The largest absolute Gasteiger partial charge is 0.394 e. The number of allylic oxidation sites excluding steroid dienone is 4. The summed E-state index contributed by atoms with van der Waals surface area (Å²) in [5.41, 5.74) is 0. The van der Waals surface area contributed by atoms with Gasteiger partial charge in [0.25, 0.3) is 0 Å².